The van der Waals surface area contributed by atoms with Crippen LogP contribution in [0.5, 0.6) is 0 Å². The maximum Gasteiger partial charge on any atom is 0.348 e. The summed E-state index contributed by atoms with van der Waals surface area (Å²) in [6.45, 7) is 8.95. The quantitative estimate of drug-likeness (QED) is 0.257. The highest BCUT2D eigenvalue weighted by Gasteiger charge is 2.85. The van der Waals surface area contributed by atoms with Gasteiger partial charge in [-0.25, -0.2) is 9.59 Å². The molecule has 3 N–H and O–H groups in total. The summed E-state index contributed by atoms with van der Waals surface area (Å²) in [7, 11) is 0. The summed E-state index contributed by atoms with van der Waals surface area (Å²) in [4.78, 5) is 51.6. The van der Waals surface area contributed by atoms with Crippen molar-refractivity contribution in [3.8, 4) is 0 Å². The van der Waals surface area contributed by atoms with Crippen LogP contribution in [-0.2, 0) is 38.1 Å². The Kier molecular flexibility index (Phi) is 6.00. The average molecular weight is 535 g/mol. The number of hydrogen-bond donors (Lipinski definition) is 3. The van der Waals surface area contributed by atoms with E-state index in [9.17, 15) is 34.5 Å². The molecule has 2 saturated heterocycles. The summed E-state index contributed by atoms with van der Waals surface area (Å²) in [5.41, 5.74) is -2.17. The number of ether oxygens (including phenoxy) is 4. The molecule has 2 bridgehead atoms. The molecule has 4 fully saturated rings. The Morgan fingerprint density at radius 1 is 1.18 bits per heavy atom. The number of fused-ring (bicyclic) bond motifs is 1. The maximum atomic E-state index is 13.4. The van der Waals surface area contributed by atoms with Gasteiger partial charge in [0.15, 0.2) is 11.6 Å². The molecule has 5 aliphatic rings. The molecule has 11 heteroatoms. The molecular weight excluding hydrogens is 500 g/mol. The van der Waals surface area contributed by atoms with Gasteiger partial charge in [-0.15, -0.1) is 0 Å². The molecule has 12 atom stereocenters. The van der Waals surface area contributed by atoms with Crippen LogP contribution in [0.15, 0.2) is 23.3 Å². The molecule has 2 heterocycles. The third-order valence-corrected chi connectivity index (χ3v) is 9.87. The van der Waals surface area contributed by atoms with Gasteiger partial charge in [-0.2, -0.15) is 0 Å². The smallest absolute Gasteiger partial charge is 0.348 e. The molecule has 0 unspecified atom stereocenters. The Morgan fingerprint density at radius 3 is 2.45 bits per heavy atom. The monoisotopic (exact) mass is 534 g/mol. The summed E-state index contributed by atoms with van der Waals surface area (Å²) in [5, 5.41) is 34.8. The Hall–Kier alpha value is -2.60. The van der Waals surface area contributed by atoms with Gasteiger partial charge in [-0.1, -0.05) is 25.5 Å². The van der Waals surface area contributed by atoms with Crippen molar-refractivity contribution in [3.63, 3.8) is 0 Å². The van der Waals surface area contributed by atoms with Gasteiger partial charge < -0.3 is 34.3 Å². The van der Waals surface area contributed by atoms with E-state index in [0.29, 0.717) is 11.1 Å². The fourth-order valence-electron chi connectivity index (χ4n) is 8.49. The normalized spacial score (nSPS) is 49.3. The first-order valence-corrected chi connectivity index (χ1v) is 12.8. The fourth-order valence-corrected chi connectivity index (χ4v) is 8.49. The largest absolute Gasteiger partial charge is 0.455 e. The van der Waals surface area contributed by atoms with E-state index >= 15 is 0 Å². The average Bonchev–Trinajstić information content (AvgIpc) is 3.13. The van der Waals surface area contributed by atoms with Crippen LogP contribution in [0.25, 0.3) is 0 Å². The van der Waals surface area contributed by atoms with E-state index in [0.717, 1.165) is 6.92 Å². The van der Waals surface area contributed by atoms with Gasteiger partial charge in [0.1, 0.15) is 24.4 Å². The molecular formula is C27H34O11. The number of aliphatic hydroxyl groups is 3. The molecule has 0 aromatic carbocycles. The Morgan fingerprint density at radius 2 is 1.84 bits per heavy atom. The van der Waals surface area contributed by atoms with Crippen molar-refractivity contribution in [1.29, 1.82) is 0 Å². The molecule has 11 nitrogen and oxygen atoms in total. The molecule has 208 valence electrons. The lowest BCUT2D eigenvalue weighted by atomic mass is 9.37. The zero-order valence-electron chi connectivity index (χ0n) is 22.2. The molecule has 2 aliphatic heterocycles. The van der Waals surface area contributed by atoms with Crippen LogP contribution in [-0.4, -0.2) is 81.9 Å². The molecule has 0 aromatic heterocycles. The summed E-state index contributed by atoms with van der Waals surface area (Å²) >= 11 is 0. The van der Waals surface area contributed by atoms with Crippen molar-refractivity contribution < 1.29 is 53.4 Å². The highest BCUT2D eigenvalue weighted by molar-refractivity contribution is 5.96. The third-order valence-electron chi connectivity index (χ3n) is 9.87. The standard InChI is InChI=1S/C27H34O11/c1-7-10(2)22(32)37-17-15-11(3)8-14(29)20(31)25(15,6)24-26-9-35-27(24,34)19(30)12(4)16(26)18(36-13(5)28)23(33)38-21(17)26/h7-8,12,15-21,24,30-31,34H,9H2,1-6H3/b10-7+/t12-,15+,16-,17-,18-,19-,20-,21-,24-,25-,26-,27+/m1/s1. The predicted octanol–water partition coefficient (Wildman–Crippen LogP) is 0.196. The van der Waals surface area contributed by atoms with E-state index in [-0.39, 0.29) is 6.61 Å². The third kappa shape index (κ3) is 3.10. The van der Waals surface area contributed by atoms with Crippen LogP contribution in [0.4, 0.5) is 0 Å². The lowest BCUT2D eigenvalue weighted by Crippen LogP contribution is -2.81. The van der Waals surface area contributed by atoms with Gasteiger partial charge in [0.05, 0.1) is 12.0 Å². The van der Waals surface area contributed by atoms with Gasteiger partial charge in [0.25, 0.3) is 0 Å². The zero-order chi connectivity index (χ0) is 28.1. The van der Waals surface area contributed by atoms with Gasteiger partial charge in [0.2, 0.25) is 6.10 Å². The minimum Gasteiger partial charge on any atom is -0.455 e. The van der Waals surface area contributed by atoms with E-state index in [1.165, 1.54) is 6.08 Å². The van der Waals surface area contributed by atoms with Crippen LogP contribution in [0.3, 0.4) is 0 Å². The van der Waals surface area contributed by atoms with Crippen LogP contribution in [0, 0.1) is 34.5 Å². The van der Waals surface area contributed by atoms with E-state index in [2.05, 4.69) is 0 Å². The zero-order valence-corrected chi connectivity index (χ0v) is 22.2. The van der Waals surface area contributed by atoms with Crippen molar-refractivity contribution in [1.82, 2.24) is 0 Å². The van der Waals surface area contributed by atoms with Crippen molar-refractivity contribution >= 4 is 23.7 Å². The highest BCUT2D eigenvalue weighted by atomic mass is 16.7. The second-order valence-corrected chi connectivity index (χ2v) is 11.7. The Balaban J connectivity index is 1.81. The summed E-state index contributed by atoms with van der Waals surface area (Å²) in [6.07, 6.45) is -4.24. The molecule has 3 aliphatic carbocycles. The lowest BCUT2D eigenvalue weighted by molar-refractivity contribution is -0.352. The van der Waals surface area contributed by atoms with Crippen molar-refractivity contribution in [3.05, 3.63) is 23.3 Å². The van der Waals surface area contributed by atoms with Crippen molar-refractivity contribution in [2.45, 2.75) is 77.8 Å². The number of carbonyl (C=O) groups excluding carboxylic acids is 4. The van der Waals surface area contributed by atoms with E-state index in [1.54, 1.807) is 40.7 Å². The molecule has 38 heavy (non-hydrogen) atoms. The van der Waals surface area contributed by atoms with Crippen LogP contribution < -0.4 is 0 Å². The second kappa shape index (κ2) is 8.45. The second-order valence-electron chi connectivity index (χ2n) is 11.7. The summed E-state index contributed by atoms with van der Waals surface area (Å²) in [5.74, 6) is -9.01. The molecule has 2 saturated carbocycles. The first kappa shape index (κ1) is 27.0. The first-order valence-electron chi connectivity index (χ1n) is 12.8. The van der Waals surface area contributed by atoms with E-state index < -0.39 is 94.5 Å². The summed E-state index contributed by atoms with van der Waals surface area (Å²) in [6, 6.07) is 0. The van der Waals surface area contributed by atoms with Crippen molar-refractivity contribution in [2.75, 3.05) is 6.61 Å². The predicted molar refractivity (Wildman–Crippen MR) is 127 cm³/mol. The van der Waals surface area contributed by atoms with Gasteiger partial charge in [-0.05, 0) is 32.8 Å². The Bertz CT molecular complexity index is 1170. The minimum atomic E-state index is -2.24. The lowest BCUT2D eigenvalue weighted by Gasteiger charge is -2.69. The Labute approximate surface area is 219 Å². The fraction of sp³-hybridized carbons (Fsp3) is 0.704. The van der Waals surface area contributed by atoms with E-state index in [4.69, 9.17) is 18.9 Å². The number of ketones is 1. The SMILES string of the molecule is C/C=C(\C)C(=O)O[C@H]1[C@H]2OC(=O)[C@H](OC(C)=O)[C@H]3[C@@H](C)[C@@H](O)[C@]4(O)OC[C@@]32[C@H]4[C@@]2(C)[C@H](O)C(=O)C=C(C)[C@@H]12. The number of carbonyl (C=O) groups is 4. The van der Waals surface area contributed by atoms with E-state index in [1.807, 2.05) is 0 Å². The van der Waals surface area contributed by atoms with Crippen LogP contribution in [0.2, 0.25) is 0 Å². The number of allylic oxidation sites excluding steroid dienone is 1. The molecule has 1 spiro atoms. The molecule has 0 amide bonds. The topological polar surface area (TPSA) is 166 Å². The molecule has 5 rings (SSSR count). The number of rotatable bonds is 3. The van der Waals surface area contributed by atoms with Gasteiger partial charge in [0, 0.05) is 35.7 Å². The number of hydrogen-bond acceptors (Lipinski definition) is 11. The molecule has 0 radical (unpaired) electrons. The van der Waals surface area contributed by atoms with Crippen LogP contribution in [0.1, 0.15) is 41.5 Å². The minimum absolute atomic E-state index is 0.265. The number of aliphatic hydroxyl groups excluding tert-OH is 2. The van der Waals surface area contributed by atoms with Gasteiger partial charge >= 0.3 is 17.9 Å². The summed E-state index contributed by atoms with van der Waals surface area (Å²) < 4.78 is 23.3. The highest BCUT2D eigenvalue weighted by Crippen LogP contribution is 2.74. The first-order chi connectivity index (χ1) is 17.7. The van der Waals surface area contributed by atoms with Gasteiger partial charge in [-0.3, -0.25) is 9.59 Å². The van der Waals surface area contributed by atoms with Crippen molar-refractivity contribution in [2.24, 2.45) is 34.5 Å². The maximum absolute atomic E-state index is 13.4. The molecule has 0 aromatic rings. The van der Waals surface area contributed by atoms with Crippen LogP contribution >= 0.6 is 0 Å². The number of esters is 3.